The van der Waals surface area contributed by atoms with Crippen LogP contribution in [-0.4, -0.2) is 0 Å². The van der Waals surface area contributed by atoms with Crippen LogP contribution in [0.15, 0.2) is 46.9 Å². The predicted octanol–water partition coefficient (Wildman–Crippen LogP) is 4.48. The number of benzene rings is 2. The first-order chi connectivity index (χ1) is 8.16. The fourth-order valence-electron chi connectivity index (χ4n) is 1.49. The normalized spacial score (nSPS) is 10.3. The molecule has 2 aromatic rings. The summed E-state index contributed by atoms with van der Waals surface area (Å²) >= 11 is 3.42. The van der Waals surface area contributed by atoms with E-state index in [1.54, 1.807) is 18.2 Å². The fraction of sp³-hybridized carbons (Fsp3) is 0.143. The second kappa shape index (κ2) is 5.32. The molecule has 0 bridgehead atoms. The Morgan fingerprint density at radius 3 is 2.65 bits per heavy atom. The molecule has 0 amide bonds. The number of hydrogen-bond acceptors (Lipinski definition) is 1. The molecule has 17 heavy (non-hydrogen) atoms. The minimum absolute atomic E-state index is 0.230. The van der Waals surface area contributed by atoms with Crippen LogP contribution in [0.25, 0.3) is 0 Å². The van der Waals surface area contributed by atoms with Crippen molar-refractivity contribution in [2.45, 2.75) is 13.5 Å². The van der Waals surface area contributed by atoms with Gasteiger partial charge in [0.25, 0.3) is 0 Å². The molecule has 0 atom stereocenters. The number of ether oxygens (including phenoxy) is 1. The van der Waals surface area contributed by atoms with Gasteiger partial charge in [-0.15, -0.1) is 0 Å². The van der Waals surface area contributed by atoms with Gasteiger partial charge >= 0.3 is 0 Å². The maximum atomic E-state index is 13.4. The second-order valence-corrected chi connectivity index (χ2v) is 4.67. The molecular weight excluding hydrogens is 283 g/mol. The molecule has 3 heteroatoms. The molecule has 0 radical (unpaired) electrons. The summed E-state index contributed by atoms with van der Waals surface area (Å²) in [5.41, 5.74) is 1.70. The van der Waals surface area contributed by atoms with Crippen molar-refractivity contribution in [1.29, 1.82) is 0 Å². The van der Waals surface area contributed by atoms with Crippen molar-refractivity contribution in [3.63, 3.8) is 0 Å². The average Bonchev–Trinajstić information content (AvgIpc) is 2.30. The predicted molar refractivity (Wildman–Crippen MR) is 69.6 cm³/mol. The van der Waals surface area contributed by atoms with Gasteiger partial charge in [-0.3, -0.25) is 0 Å². The summed E-state index contributed by atoms with van der Waals surface area (Å²) in [5.74, 6) is 0.481. The highest BCUT2D eigenvalue weighted by Gasteiger charge is 2.04. The van der Waals surface area contributed by atoms with E-state index in [9.17, 15) is 4.39 Å². The zero-order valence-corrected chi connectivity index (χ0v) is 11.0. The molecule has 0 unspecified atom stereocenters. The third-order valence-corrected chi connectivity index (χ3v) is 3.05. The highest BCUT2D eigenvalue weighted by atomic mass is 79.9. The van der Waals surface area contributed by atoms with Crippen LogP contribution < -0.4 is 4.74 Å². The minimum Gasteiger partial charge on any atom is -0.488 e. The van der Waals surface area contributed by atoms with Crippen LogP contribution in [-0.2, 0) is 6.61 Å². The number of hydrogen-bond donors (Lipinski definition) is 0. The van der Waals surface area contributed by atoms with Crippen LogP contribution >= 0.6 is 15.9 Å². The van der Waals surface area contributed by atoms with Crippen molar-refractivity contribution in [2.75, 3.05) is 0 Å². The summed E-state index contributed by atoms with van der Waals surface area (Å²) in [5, 5.41) is 0. The molecule has 1 nitrogen and oxygen atoms in total. The molecule has 0 N–H and O–H groups in total. The first-order valence-electron chi connectivity index (χ1n) is 5.29. The van der Waals surface area contributed by atoms with Crippen LogP contribution in [0.5, 0.6) is 5.75 Å². The molecule has 0 aliphatic carbocycles. The summed E-state index contributed by atoms with van der Waals surface area (Å²) in [7, 11) is 0. The van der Waals surface area contributed by atoms with Gasteiger partial charge in [0.1, 0.15) is 18.2 Å². The molecule has 0 aromatic heterocycles. The third kappa shape index (κ3) is 3.07. The molecule has 0 fully saturated rings. The first-order valence-corrected chi connectivity index (χ1v) is 6.08. The van der Waals surface area contributed by atoms with Crippen molar-refractivity contribution in [3.05, 3.63) is 63.9 Å². The van der Waals surface area contributed by atoms with Gasteiger partial charge in [0, 0.05) is 5.56 Å². The van der Waals surface area contributed by atoms with E-state index in [-0.39, 0.29) is 12.4 Å². The fourth-order valence-corrected chi connectivity index (χ4v) is 2.10. The van der Waals surface area contributed by atoms with Crippen molar-refractivity contribution >= 4 is 15.9 Å². The van der Waals surface area contributed by atoms with Gasteiger partial charge in [0.05, 0.1) is 4.47 Å². The Labute approximate surface area is 108 Å². The lowest BCUT2D eigenvalue weighted by Gasteiger charge is -2.09. The largest absolute Gasteiger partial charge is 0.488 e. The quantitative estimate of drug-likeness (QED) is 0.811. The van der Waals surface area contributed by atoms with Gasteiger partial charge in [0.15, 0.2) is 0 Å². The molecule has 2 rings (SSSR count). The van der Waals surface area contributed by atoms with E-state index in [1.165, 1.54) is 6.07 Å². The summed E-state index contributed by atoms with van der Waals surface area (Å²) in [6.07, 6.45) is 0. The van der Waals surface area contributed by atoms with Crippen LogP contribution in [0.3, 0.4) is 0 Å². The van der Waals surface area contributed by atoms with E-state index < -0.39 is 0 Å². The van der Waals surface area contributed by atoms with Crippen molar-refractivity contribution in [2.24, 2.45) is 0 Å². The Morgan fingerprint density at radius 2 is 1.94 bits per heavy atom. The van der Waals surface area contributed by atoms with Gasteiger partial charge in [0.2, 0.25) is 0 Å². The Bertz CT molecular complexity index is 525. The lowest BCUT2D eigenvalue weighted by atomic mass is 10.2. The van der Waals surface area contributed by atoms with E-state index in [1.807, 2.05) is 25.1 Å². The third-order valence-electron chi connectivity index (χ3n) is 2.43. The van der Waals surface area contributed by atoms with Crippen molar-refractivity contribution in [3.8, 4) is 5.75 Å². The van der Waals surface area contributed by atoms with Gasteiger partial charge < -0.3 is 4.74 Å². The maximum absolute atomic E-state index is 13.4. The Hall–Kier alpha value is -1.35. The van der Waals surface area contributed by atoms with E-state index >= 15 is 0 Å². The van der Waals surface area contributed by atoms with Crippen LogP contribution in [0, 0.1) is 12.7 Å². The van der Waals surface area contributed by atoms with E-state index in [2.05, 4.69) is 15.9 Å². The summed E-state index contributed by atoms with van der Waals surface area (Å²) in [4.78, 5) is 0. The standard InChI is InChI=1S/C14H12BrFO/c1-10-6-7-14(12(15)8-10)17-9-11-4-2-3-5-13(11)16/h2-8H,9H2,1H3. The summed E-state index contributed by atoms with van der Waals surface area (Å²) < 4.78 is 19.8. The van der Waals surface area contributed by atoms with Crippen LogP contribution in [0.2, 0.25) is 0 Å². The van der Waals surface area contributed by atoms with Crippen LogP contribution in [0.4, 0.5) is 4.39 Å². The number of halogens is 2. The average molecular weight is 295 g/mol. The van der Waals surface area contributed by atoms with Crippen molar-refractivity contribution in [1.82, 2.24) is 0 Å². The molecule has 88 valence electrons. The number of aryl methyl sites for hydroxylation is 1. The van der Waals surface area contributed by atoms with Gasteiger partial charge in [-0.05, 0) is 46.6 Å². The Balaban J connectivity index is 2.10. The highest BCUT2D eigenvalue weighted by molar-refractivity contribution is 9.10. The van der Waals surface area contributed by atoms with Gasteiger partial charge in [-0.1, -0.05) is 24.3 Å². The minimum atomic E-state index is -0.240. The number of rotatable bonds is 3. The molecule has 0 saturated heterocycles. The molecule has 0 heterocycles. The smallest absolute Gasteiger partial charge is 0.134 e. The summed E-state index contributed by atoms with van der Waals surface area (Å²) in [6.45, 7) is 2.24. The maximum Gasteiger partial charge on any atom is 0.134 e. The highest BCUT2D eigenvalue weighted by Crippen LogP contribution is 2.26. The Morgan fingerprint density at radius 1 is 1.18 bits per heavy atom. The summed E-state index contributed by atoms with van der Waals surface area (Å²) in [6, 6.07) is 12.4. The van der Waals surface area contributed by atoms with E-state index in [0.717, 1.165) is 15.8 Å². The van der Waals surface area contributed by atoms with E-state index in [4.69, 9.17) is 4.74 Å². The SMILES string of the molecule is Cc1ccc(OCc2ccccc2F)c(Br)c1. The molecular formula is C14H12BrFO. The topological polar surface area (TPSA) is 9.23 Å². The lowest BCUT2D eigenvalue weighted by Crippen LogP contribution is -1.98. The van der Waals surface area contributed by atoms with Gasteiger partial charge in [-0.2, -0.15) is 0 Å². The zero-order chi connectivity index (χ0) is 12.3. The molecule has 0 spiro atoms. The zero-order valence-electron chi connectivity index (χ0n) is 9.41. The molecule has 0 saturated carbocycles. The lowest BCUT2D eigenvalue weighted by molar-refractivity contribution is 0.298. The Kier molecular flexibility index (Phi) is 3.79. The van der Waals surface area contributed by atoms with Crippen molar-refractivity contribution < 1.29 is 9.13 Å². The second-order valence-electron chi connectivity index (χ2n) is 3.81. The molecule has 0 aliphatic rings. The molecule has 2 aromatic carbocycles. The molecule has 0 aliphatic heterocycles. The first kappa shape index (κ1) is 12.1. The monoisotopic (exact) mass is 294 g/mol. The van der Waals surface area contributed by atoms with E-state index in [0.29, 0.717) is 5.56 Å². The van der Waals surface area contributed by atoms with Crippen LogP contribution in [0.1, 0.15) is 11.1 Å². The van der Waals surface area contributed by atoms with Gasteiger partial charge in [-0.25, -0.2) is 4.39 Å².